The van der Waals surface area contributed by atoms with Crippen molar-refractivity contribution in [3.63, 3.8) is 0 Å². The van der Waals surface area contributed by atoms with E-state index in [1.54, 1.807) is 5.32 Å². The fraction of sp³-hybridized carbons (Fsp3) is 0. The van der Waals surface area contributed by atoms with Crippen LogP contribution >= 0.6 is 0 Å². The van der Waals surface area contributed by atoms with E-state index in [0.29, 0.717) is 0 Å². The number of hydrogen-bond donors (Lipinski definition) is 6. The zero-order chi connectivity index (χ0) is 14.0. The number of rotatable bonds is 0. The summed E-state index contributed by atoms with van der Waals surface area (Å²) in [6.45, 7) is 0. The lowest BCUT2D eigenvalue weighted by Crippen LogP contribution is -2.38. The number of carbonyl (C=O) groups is 2. The number of nitrogens with two attached hydrogens (primary N) is 2. The highest BCUT2D eigenvalue weighted by atomic mass is 16.2. The Kier molecular flexibility index (Phi) is 42.8. The lowest BCUT2D eigenvalue weighted by atomic mass is 10.9. The molecule has 88 valence electrons. The molecular weight excluding hydrogens is 224 g/mol. The first-order valence-electron chi connectivity index (χ1n) is 2.85. The van der Waals surface area contributed by atoms with Crippen LogP contribution in [-0.4, -0.2) is 30.3 Å². The van der Waals surface area contributed by atoms with Gasteiger partial charge in [-0.3, -0.25) is 5.32 Å². The third-order valence-electron chi connectivity index (χ3n) is 0.246. The van der Waals surface area contributed by atoms with Gasteiger partial charge >= 0.3 is 12.1 Å². The van der Waals surface area contributed by atoms with Crippen LogP contribution in [0.4, 0.5) is 9.59 Å². The molecule has 0 aromatic heterocycles. The van der Waals surface area contributed by atoms with Gasteiger partial charge in [0.05, 0.1) is 0 Å². The molecule has 0 spiro atoms. The molecule has 0 saturated carbocycles. The summed E-state index contributed by atoms with van der Waals surface area (Å²) in [5.74, 6) is 0. The summed E-state index contributed by atoms with van der Waals surface area (Å²) >= 11 is 0. The van der Waals surface area contributed by atoms with Crippen molar-refractivity contribution in [3.8, 4) is 0 Å². The fourth-order valence-electron chi connectivity index (χ4n) is 0.121. The van der Waals surface area contributed by atoms with Crippen molar-refractivity contribution >= 4 is 30.3 Å². The predicted octanol–water partition coefficient (Wildman–Crippen LogP) is -1.56. The molecule has 0 aliphatic rings. The van der Waals surface area contributed by atoms with Gasteiger partial charge < -0.3 is 11.5 Å². The van der Waals surface area contributed by atoms with Crippen molar-refractivity contribution in [1.29, 1.82) is 16.2 Å². The highest BCUT2D eigenvalue weighted by Gasteiger charge is 1.92. The first-order chi connectivity index (χ1) is 7.37. The molecule has 11 heteroatoms. The lowest BCUT2D eigenvalue weighted by molar-refractivity contribution is 0.236. The van der Waals surface area contributed by atoms with Crippen LogP contribution in [0.25, 0.3) is 0 Å². The van der Waals surface area contributed by atoms with Gasteiger partial charge in [-0.25, -0.2) is 40.2 Å². The molecule has 0 fully saturated rings. The molecule has 0 aromatic carbocycles. The lowest BCUT2D eigenvalue weighted by Gasteiger charge is -1.88. The zero-order valence-electron chi connectivity index (χ0n) is 7.70. The van der Waals surface area contributed by atoms with E-state index >= 15 is 0 Å². The van der Waals surface area contributed by atoms with Crippen LogP contribution in [0, 0.1) is 16.2 Å². The van der Waals surface area contributed by atoms with E-state index in [1.165, 1.54) is 0 Å². The number of nitrogens with one attached hydrogen (secondary N) is 4. The third-order valence-corrected chi connectivity index (χ3v) is 0.246. The van der Waals surface area contributed by atoms with Gasteiger partial charge in [-0.15, -0.1) is 0 Å². The van der Waals surface area contributed by atoms with E-state index < -0.39 is 12.1 Å². The second-order valence-corrected chi connectivity index (χ2v) is 1.16. The van der Waals surface area contributed by atoms with E-state index in [4.69, 9.17) is 30.6 Å². The molecule has 0 radical (unpaired) electrons. The number of imide groups is 1. The Morgan fingerprint density at radius 3 is 0.938 bits per heavy atom. The van der Waals surface area contributed by atoms with E-state index in [9.17, 15) is 9.59 Å². The minimum Gasteiger partial charge on any atom is -0.351 e. The molecular formula is C5H8N6O5. The molecule has 11 nitrogen and oxygen atoms in total. The van der Waals surface area contributed by atoms with Crippen molar-refractivity contribution in [3.05, 3.63) is 0 Å². The number of isocyanates is 3. The highest BCUT2D eigenvalue weighted by Crippen LogP contribution is 1.51. The molecule has 16 heavy (non-hydrogen) atoms. The molecule has 0 aliphatic heterocycles. The van der Waals surface area contributed by atoms with Gasteiger partial charge in [-0.1, -0.05) is 0 Å². The Morgan fingerprint density at radius 2 is 0.938 bits per heavy atom. The van der Waals surface area contributed by atoms with Crippen LogP contribution in [0.3, 0.4) is 0 Å². The first kappa shape index (κ1) is 23.1. The second-order valence-electron chi connectivity index (χ2n) is 1.16. The SMILES string of the molecule is N=C=O.N=C=O.N=C=O.NC(=O)NC(N)=O. The second kappa shape index (κ2) is 29.7. The summed E-state index contributed by atoms with van der Waals surface area (Å²) in [5, 5.41) is 17.8. The van der Waals surface area contributed by atoms with Crippen LogP contribution in [0.2, 0.25) is 0 Å². The normalized spacial score (nSPS) is 4.75. The van der Waals surface area contributed by atoms with Gasteiger partial charge in [0.15, 0.2) is 0 Å². The summed E-state index contributed by atoms with van der Waals surface area (Å²) in [5.41, 5.74) is 8.88. The zero-order valence-corrected chi connectivity index (χ0v) is 7.70. The smallest absolute Gasteiger partial charge is 0.320 e. The van der Waals surface area contributed by atoms with Crippen LogP contribution in [0.5, 0.6) is 0 Å². The monoisotopic (exact) mass is 232 g/mol. The van der Waals surface area contributed by atoms with Crippen molar-refractivity contribution in [2.45, 2.75) is 0 Å². The molecule has 4 amide bonds. The Bertz CT molecular complexity index is 254. The van der Waals surface area contributed by atoms with Crippen molar-refractivity contribution in [2.24, 2.45) is 11.5 Å². The Hall–Kier alpha value is -3.12. The van der Waals surface area contributed by atoms with Crippen LogP contribution in [-0.2, 0) is 14.4 Å². The Morgan fingerprint density at radius 1 is 0.812 bits per heavy atom. The molecule has 0 bridgehead atoms. The average Bonchev–Trinajstić information content (AvgIpc) is 2.04. The maximum absolute atomic E-state index is 9.62. The molecule has 0 atom stereocenters. The van der Waals surface area contributed by atoms with Gasteiger partial charge in [-0.05, 0) is 0 Å². The van der Waals surface area contributed by atoms with E-state index in [0.717, 1.165) is 18.2 Å². The summed E-state index contributed by atoms with van der Waals surface area (Å²) in [6.07, 6.45) is 2.25. The molecule has 0 aliphatic carbocycles. The summed E-state index contributed by atoms with van der Waals surface area (Å²) in [4.78, 5) is 44.3. The van der Waals surface area contributed by atoms with Gasteiger partial charge in [0.2, 0.25) is 18.2 Å². The highest BCUT2D eigenvalue weighted by molar-refractivity contribution is 5.91. The molecule has 0 aromatic rings. The van der Waals surface area contributed by atoms with Gasteiger partial charge in [-0.2, -0.15) is 0 Å². The topological polar surface area (TPSA) is 221 Å². The molecule has 0 saturated heterocycles. The Balaban J connectivity index is -0.0000000677. The number of carbonyl (C=O) groups excluding carboxylic acids is 5. The van der Waals surface area contributed by atoms with Gasteiger partial charge in [0.1, 0.15) is 0 Å². The molecule has 0 heterocycles. The van der Waals surface area contributed by atoms with E-state index in [-0.39, 0.29) is 0 Å². The van der Waals surface area contributed by atoms with Crippen LogP contribution in [0.15, 0.2) is 0 Å². The third kappa shape index (κ3) is 1370. The first-order valence-corrected chi connectivity index (χ1v) is 2.85. The largest absolute Gasteiger partial charge is 0.351 e. The fourth-order valence-corrected chi connectivity index (χ4v) is 0.121. The van der Waals surface area contributed by atoms with Crippen molar-refractivity contribution in [1.82, 2.24) is 5.32 Å². The maximum Gasteiger partial charge on any atom is 0.320 e. The Labute approximate surface area is 88.3 Å². The van der Waals surface area contributed by atoms with E-state index in [1.807, 2.05) is 0 Å². The number of primary amides is 2. The number of hydrogen-bond acceptors (Lipinski definition) is 8. The standard InChI is InChI=1S/C2H5N3O2.3CHNO/c3-1(6)5-2(4)7;3*2-1-3/h(H5,3,4,5,6,7);3*2H. The van der Waals surface area contributed by atoms with Crippen molar-refractivity contribution in [2.75, 3.05) is 0 Å². The van der Waals surface area contributed by atoms with Gasteiger partial charge in [0.25, 0.3) is 0 Å². The summed E-state index contributed by atoms with van der Waals surface area (Å²) < 4.78 is 0. The average molecular weight is 232 g/mol. The summed E-state index contributed by atoms with van der Waals surface area (Å²) in [6, 6.07) is -1.88. The van der Waals surface area contributed by atoms with Gasteiger partial charge in [0, 0.05) is 0 Å². The maximum atomic E-state index is 9.62. The minimum absolute atomic E-state index is 0.750. The molecule has 0 rings (SSSR count). The molecule has 8 N–H and O–H groups in total. The predicted molar refractivity (Wildman–Crippen MR) is 47.5 cm³/mol. The quantitative estimate of drug-likeness (QED) is 0.214. The van der Waals surface area contributed by atoms with Crippen molar-refractivity contribution < 1.29 is 24.0 Å². The number of urea groups is 2. The van der Waals surface area contributed by atoms with Crippen LogP contribution < -0.4 is 16.8 Å². The summed E-state index contributed by atoms with van der Waals surface area (Å²) in [7, 11) is 0. The molecule has 0 unspecified atom stereocenters. The van der Waals surface area contributed by atoms with Crippen LogP contribution in [0.1, 0.15) is 0 Å². The van der Waals surface area contributed by atoms with E-state index in [2.05, 4.69) is 11.5 Å². The number of amides is 4. The minimum atomic E-state index is -0.938.